The van der Waals surface area contributed by atoms with Crippen LogP contribution in [0.4, 0.5) is 0 Å². The van der Waals surface area contributed by atoms with E-state index in [2.05, 4.69) is 13.8 Å². The van der Waals surface area contributed by atoms with Crippen LogP contribution in [0.5, 0.6) is 0 Å². The summed E-state index contributed by atoms with van der Waals surface area (Å²) in [7, 11) is 0. The highest BCUT2D eigenvalue weighted by molar-refractivity contribution is 5.78. The van der Waals surface area contributed by atoms with Gasteiger partial charge in [-0.05, 0) is 23.8 Å². The van der Waals surface area contributed by atoms with E-state index in [0.29, 0.717) is 11.8 Å². The van der Waals surface area contributed by atoms with E-state index in [-0.39, 0.29) is 24.7 Å². The van der Waals surface area contributed by atoms with E-state index in [0.717, 1.165) is 25.1 Å². The smallest absolute Gasteiger partial charge is 0.303 e. The zero-order valence-corrected chi connectivity index (χ0v) is 13.4. The van der Waals surface area contributed by atoms with Crippen LogP contribution in [-0.2, 0) is 9.59 Å². The minimum atomic E-state index is -0.859. The molecule has 1 N–H and O–H groups in total. The van der Waals surface area contributed by atoms with Gasteiger partial charge in [0.25, 0.3) is 0 Å². The van der Waals surface area contributed by atoms with Gasteiger partial charge >= 0.3 is 5.97 Å². The molecule has 1 fully saturated rings. The molecule has 1 aliphatic rings. The Labute approximate surface area is 132 Å². The number of amides is 1. The summed E-state index contributed by atoms with van der Waals surface area (Å²) < 4.78 is 0. The van der Waals surface area contributed by atoms with Gasteiger partial charge < -0.3 is 10.0 Å². The zero-order chi connectivity index (χ0) is 16.1. The summed E-state index contributed by atoms with van der Waals surface area (Å²) in [6.45, 7) is 5.92. The van der Waals surface area contributed by atoms with Crippen LogP contribution in [-0.4, -0.2) is 35.0 Å². The first-order valence-corrected chi connectivity index (χ1v) is 8.00. The number of carbonyl (C=O) groups excluding carboxylic acids is 1. The van der Waals surface area contributed by atoms with Crippen molar-refractivity contribution < 1.29 is 14.7 Å². The van der Waals surface area contributed by atoms with Gasteiger partial charge in [-0.25, -0.2) is 0 Å². The summed E-state index contributed by atoms with van der Waals surface area (Å²) in [5.74, 6) is -0.000951. The number of hydrogen-bond donors (Lipinski definition) is 1. The molecule has 0 radical (unpaired) electrons. The van der Waals surface area contributed by atoms with Gasteiger partial charge in [-0.3, -0.25) is 9.59 Å². The highest BCUT2D eigenvalue weighted by Gasteiger charge is 2.28. The molecule has 4 nitrogen and oxygen atoms in total. The Kier molecular flexibility index (Phi) is 5.58. The van der Waals surface area contributed by atoms with E-state index in [4.69, 9.17) is 5.11 Å². The summed E-state index contributed by atoms with van der Waals surface area (Å²) in [6, 6.07) is 9.49. The Morgan fingerprint density at radius 3 is 2.27 bits per heavy atom. The van der Waals surface area contributed by atoms with Crippen LogP contribution in [0, 0.1) is 11.8 Å². The van der Waals surface area contributed by atoms with Gasteiger partial charge in [-0.1, -0.05) is 44.2 Å². The first-order valence-electron chi connectivity index (χ1n) is 8.00. The Morgan fingerprint density at radius 2 is 1.73 bits per heavy atom. The number of aliphatic carboxylic acids is 1. The number of piperidine rings is 1. The molecule has 0 bridgehead atoms. The maximum absolute atomic E-state index is 12.6. The van der Waals surface area contributed by atoms with Gasteiger partial charge in [-0.15, -0.1) is 0 Å². The molecule has 22 heavy (non-hydrogen) atoms. The molecule has 0 spiro atoms. The highest BCUT2D eigenvalue weighted by atomic mass is 16.4. The maximum atomic E-state index is 12.6. The molecule has 0 unspecified atom stereocenters. The Hall–Kier alpha value is -1.84. The fourth-order valence-corrected chi connectivity index (χ4v) is 3.45. The van der Waals surface area contributed by atoms with Gasteiger partial charge in [0, 0.05) is 25.4 Å². The maximum Gasteiger partial charge on any atom is 0.303 e. The summed E-state index contributed by atoms with van der Waals surface area (Å²) in [6.07, 6.45) is 1.42. The predicted molar refractivity (Wildman–Crippen MR) is 85.6 cm³/mol. The first-order chi connectivity index (χ1) is 10.5. The molecule has 4 heteroatoms. The van der Waals surface area contributed by atoms with Crippen LogP contribution >= 0.6 is 0 Å². The molecule has 1 aromatic rings. The van der Waals surface area contributed by atoms with Gasteiger partial charge in [0.2, 0.25) is 5.91 Å². The molecule has 0 aliphatic carbocycles. The van der Waals surface area contributed by atoms with Gasteiger partial charge in [-0.2, -0.15) is 0 Å². The molecule has 0 saturated carbocycles. The van der Waals surface area contributed by atoms with Crippen LogP contribution in [0.2, 0.25) is 0 Å². The van der Waals surface area contributed by atoms with Crippen molar-refractivity contribution in [3.05, 3.63) is 35.9 Å². The standard InChI is InChI=1S/C18H25NO3/c1-13-8-14(2)12-19(11-13)17(20)9-16(10-18(21)22)15-6-4-3-5-7-15/h3-7,13-14,16H,8-12H2,1-2H3,(H,21,22)/t13-,14+,16-/m1/s1. The Balaban J connectivity index is 2.06. The van der Waals surface area contributed by atoms with Crippen molar-refractivity contribution in [2.75, 3.05) is 13.1 Å². The van der Waals surface area contributed by atoms with Gasteiger partial charge in [0.1, 0.15) is 0 Å². The lowest BCUT2D eigenvalue weighted by molar-refractivity contribution is -0.138. The van der Waals surface area contributed by atoms with Crippen LogP contribution in [0.15, 0.2) is 30.3 Å². The lowest BCUT2D eigenvalue weighted by Gasteiger charge is -2.35. The molecule has 0 aromatic heterocycles. The number of nitrogens with zero attached hydrogens (tertiary/aromatic N) is 1. The fourth-order valence-electron chi connectivity index (χ4n) is 3.45. The molecule has 3 atom stereocenters. The average Bonchev–Trinajstić information content (AvgIpc) is 2.46. The van der Waals surface area contributed by atoms with E-state index in [1.807, 2.05) is 35.2 Å². The van der Waals surface area contributed by atoms with Gasteiger partial charge in [0.15, 0.2) is 0 Å². The third-order valence-corrected chi connectivity index (χ3v) is 4.33. The van der Waals surface area contributed by atoms with Crippen molar-refractivity contribution in [3.8, 4) is 0 Å². The third-order valence-electron chi connectivity index (χ3n) is 4.33. The van der Waals surface area contributed by atoms with Crippen LogP contribution in [0.3, 0.4) is 0 Å². The monoisotopic (exact) mass is 303 g/mol. The first kappa shape index (κ1) is 16.5. The second kappa shape index (κ2) is 7.43. The molecule has 1 heterocycles. The lowest BCUT2D eigenvalue weighted by atomic mass is 9.89. The van der Waals surface area contributed by atoms with Crippen molar-refractivity contribution in [1.29, 1.82) is 0 Å². The highest BCUT2D eigenvalue weighted by Crippen LogP contribution is 2.27. The number of carboxylic acids is 1. The number of carboxylic acid groups (broad SMARTS) is 1. The molecule has 2 rings (SSSR count). The van der Waals surface area contributed by atoms with Crippen LogP contribution in [0.25, 0.3) is 0 Å². The molecule has 1 aromatic carbocycles. The number of benzene rings is 1. The van der Waals surface area contributed by atoms with Crippen molar-refractivity contribution in [2.45, 2.75) is 39.0 Å². The largest absolute Gasteiger partial charge is 0.481 e. The summed E-state index contributed by atoms with van der Waals surface area (Å²) in [5, 5.41) is 9.13. The van der Waals surface area contributed by atoms with E-state index in [1.165, 1.54) is 0 Å². The van der Waals surface area contributed by atoms with E-state index < -0.39 is 5.97 Å². The molecule has 1 amide bonds. The van der Waals surface area contributed by atoms with Crippen molar-refractivity contribution in [1.82, 2.24) is 4.90 Å². The second-order valence-electron chi connectivity index (χ2n) is 6.65. The topological polar surface area (TPSA) is 57.6 Å². The number of rotatable bonds is 5. The fraction of sp³-hybridized carbons (Fsp3) is 0.556. The number of hydrogen-bond acceptors (Lipinski definition) is 2. The number of carbonyl (C=O) groups is 2. The SMILES string of the molecule is C[C@@H]1C[C@H](C)CN(C(=O)C[C@H](CC(=O)O)c2ccccc2)C1. The van der Waals surface area contributed by atoms with E-state index in [9.17, 15) is 9.59 Å². The summed E-state index contributed by atoms with van der Waals surface area (Å²) in [5.41, 5.74) is 0.927. The Morgan fingerprint density at radius 1 is 1.14 bits per heavy atom. The van der Waals surface area contributed by atoms with E-state index in [1.54, 1.807) is 0 Å². The van der Waals surface area contributed by atoms with Gasteiger partial charge in [0.05, 0.1) is 6.42 Å². The predicted octanol–water partition coefficient (Wildman–Crippen LogP) is 3.14. The van der Waals surface area contributed by atoms with Crippen LogP contribution < -0.4 is 0 Å². The Bertz CT molecular complexity index is 504. The second-order valence-corrected chi connectivity index (χ2v) is 6.65. The normalized spacial score (nSPS) is 23.1. The zero-order valence-electron chi connectivity index (χ0n) is 13.4. The van der Waals surface area contributed by atoms with Crippen molar-refractivity contribution in [2.24, 2.45) is 11.8 Å². The summed E-state index contributed by atoms with van der Waals surface area (Å²) >= 11 is 0. The van der Waals surface area contributed by atoms with Crippen molar-refractivity contribution >= 4 is 11.9 Å². The average molecular weight is 303 g/mol. The molecule has 120 valence electrons. The summed E-state index contributed by atoms with van der Waals surface area (Å²) in [4.78, 5) is 25.6. The quantitative estimate of drug-likeness (QED) is 0.909. The lowest BCUT2D eigenvalue weighted by Crippen LogP contribution is -2.43. The molecular weight excluding hydrogens is 278 g/mol. The molecule has 1 aliphatic heterocycles. The van der Waals surface area contributed by atoms with Crippen molar-refractivity contribution in [3.63, 3.8) is 0 Å². The minimum absolute atomic E-state index is 0.00526. The van der Waals surface area contributed by atoms with E-state index >= 15 is 0 Å². The molecular formula is C18H25NO3. The van der Waals surface area contributed by atoms with Crippen LogP contribution in [0.1, 0.15) is 44.6 Å². The minimum Gasteiger partial charge on any atom is -0.481 e. The third kappa shape index (κ3) is 4.58. The molecule has 1 saturated heterocycles. The number of likely N-dealkylation sites (tertiary alicyclic amines) is 1.